The van der Waals surface area contributed by atoms with E-state index in [9.17, 15) is 0 Å². The van der Waals surface area contributed by atoms with E-state index in [4.69, 9.17) is 0 Å². The standard InChI is InChI=1S/C15H16NS.HI/c1-16-12-4-3-5-14(16)9-6-13-7-10-15(17-2)11-8-13;/h3-12H,1-2H3;1H/q+1;/p-1/b9-6+;. The highest BCUT2D eigenvalue weighted by Gasteiger charge is 1.98. The normalized spacial score (nSPS) is 10.3. The molecule has 2 rings (SSSR count). The first kappa shape index (κ1) is 15.2. The Morgan fingerprint density at radius 1 is 1.00 bits per heavy atom. The molecular formula is C15H16INS. The van der Waals surface area contributed by atoms with E-state index < -0.39 is 0 Å². The molecule has 0 unspecified atom stereocenters. The van der Waals surface area contributed by atoms with Crippen LogP contribution < -0.4 is 28.5 Å². The number of aryl methyl sites for hydroxylation is 1. The van der Waals surface area contributed by atoms with Crippen molar-refractivity contribution in [2.24, 2.45) is 7.05 Å². The van der Waals surface area contributed by atoms with Crippen LogP contribution in [0.3, 0.4) is 0 Å². The zero-order valence-corrected chi connectivity index (χ0v) is 13.5. The van der Waals surface area contributed by atoms with Gasteiger partial charge >= 0.3 is 0 Å². The molecule has 1 aromatic heterocycles. The number of benzene rings is 1. The number of halogens is 1. The Morgan fingerprint density at radius 3 is 2.33 bits per heavy atom. The third-order valence-corrected chi connectivity index (χ3v) is 3.40. The van der Waals surface area contributed by atoms with Crippen LogP contribution in [0.2, 0.25) is 0 Å². The molecule has 0 radical (unpaired) electrons. The molecule has 0 aliphatic carbocycles. The summed E-state index contributed by atoms with van der Waals surface area (Å²) in [5, 5.41) is 0. The van der Waals surface area contributed by atoms with Crippen LogP contribution in [-0.2, 0) is 7.05 Å². The topological polar surface area (TPSA) is 3.88 Å². The summed E-state index contributed by atoms with van der Waals surface area (Å²) in [6, 6.07) is 14.8. The number of hydrogen-bond donors (Lipinski definition) is 0. The molecule has 94 valence electrons. The number of hydrogen-bond acceptors (Lipinski definition) is 1. The fraction of sp³-hybridized carbons (Fsp3) is 0.133. The van der Waals surface area contributed by atoms with Gasteiger partial charge in [0.2, 0.25) is 5.69 Å². The van der Waals surface area contributed by atoms with Crippen LogP contribution in [0.25, 0.3) is 12.2 Å². The Morgan fingerprint density at radius 2 is 1.72 bits per heavy atom. The lowest BCUT2D eigenvalue weighted by Gasteiger charge is -1.97. The summed E-state index contributed by atoms with van der Waals surface area (Å²) in [6.45, 7) is 0. The number of aromatic nitrogens is 1. The Kier molecular flexibility index (Phi) is 6.43. The maximum Gasteiger partial charge on any atom is 0.204 e. The molecule has 0 N–H and O–H groups in total. The summed E-state index contributed by atoms with van der Waals surface area (Å²) < 4.78 is 2.10. The van der Waals surface area contributed by atoms with Gasteiger partial charge in [0.15, 0.2) is 6.20 Å². The van der Waals surface area contributed by atoms with Gasteiger partial charge in [-0.15, -0.1) is 11.8 Å². The highest BCUT2D eigenvalue weighted by Crippen LogP contribution is 2.15. The van der Waals surface area contributed by atoms with Gasteiger partial charge in [-0.25, -0.2) is 4.57 Å². The minimum absolute atomic E-state index is 0. The van der Waals surface area contributed by atoms with E-state index in [1.165, 1.54) is 16.2 Å². The number of nitrogens with zero attached hydrogens (tertiary/aromatic N) is 1. The molecule has 0 fully saturated rings. The second-order valence-electron chi connectivity index (χ2n) is 3.84. The molecule has 0 bridgehead atoms. The zero-order chi connectivity index (χ0) is 12.1. The Labute approximate surface area is 130 Å². The van der Waals surface area contributed by atoms with Crippen molar-refractivity contribution in [1.29, 1.82) is 0 Å². The SMILES string of the molecule is CSc1ccc(/C=C/c2cccc[n+]2C)cc1.[I-]. The molecule has 3 heteroatoms. The van der Waals surface area contributed by atoms with Gasteiger partial charge in [0, 0.05) is 23.1 Å². The molecule has 0 atom stereocenters. The molecule has 0 aliphatic heterocycles. The lowest BCUT2D eigenvalue weighted by atomic mass is 10.2. The first-order valence-corrected chi connectivity index (χ1v) is 6.79. The van der Waals surface area contributed by atoms with E-state index in [0.717, 1.165) is 0 Å². The highest BCUT2D eigenvalue weighted by molar-refractivity contribution is 7.98. The lowest BCUT2D eigenvalue weighted by Crippen LogP contribution is -3.00. The van der Waals surface area contributed by atoms with Crippen molar-refractivity contribution in [3.05, 3.63) is 59.9 Å². The van der Waals surface area contributed by atoms with Crippen LogP contribution in [-0.4, -0.2) is 6.26 Å². The first-order chi connectivity index (χ1) is 8.29. The molecule has 1 heterocycles. The fourth-order valence-corrected chi connectivity index (χ4v) is 2.01. The summed E-state index contributed by atoms with van der Waals surface area (Å²) in [7, 11) is 2.05. The molecule has 0 amide bonds. The molecule has 1 aromatic carbocycles. The van der Waals surface area contributed by atoms with Gasteiger partial charge in [-0.05, 0) is 36.1 Å². The van der Waals surface area contributed by atoms with Gasteiger partial charge in [-0.2, -0.15) is 0 Å². The molecule has 2 aromatic rings. The Balaban J connectivity index is 0.00000162. The number of rotatable bonds is 3. The quantitative estimate of drug-likeness (QED) is 0.431. The minimum atomic E-state index is 0. The smallest absolute Gasteiger partial charge is 0.204 e. The maximum atomic E-state index is 2.15. The van der Waals surface area contributed by atoms with Crippen molar-refractivity contribution in [1.82, 2.24) is 0 Å². The summed E-state index contributed by atoms with van der Waals surface area (Å²) in [5.41, 5.74) is 2.42. The summed E-state index contributed by atoms with van der Waals surface area (Å²) in [4.78, 5) is 1.30. The monoisotopic (exact) mass is 369 g/mol. The number of thioether (sulfide) groups is 1. The van der Waals surface area contributed by atoms with E-state index in [2.05, 4.69) is 72.6 Å². The summed E-state index contributed by atoms with van der Waals surface area (Å²) >= 11 is 1.77. The predicted molar refractivity (Wildman–Crippen MR) is 74.8 cm³/mol. The van der Waals surface area contributed by atoms with E-state index >= 15 is 0 Å². The third kappa shape index (κ3) is 4.14. The summed E-state index contributed by atoms with van der Waals surface area (Å²) in [5.74, 6) is 0. The van der Waals surface area contributed by atoms with E-state index in [1.807, 2.05) is 6.07 Å². The van der Waals surface area contributed by atoms with Gasteiger partial charge in [0.1, 0.15) is 7.05 Å². The van der Waals surface area contributed by atoms with E-state index in [0.29, 0.717) is 0 Å². The van der Waals surface area contributed by atoms with Gasteiger partial charge in [0.05, 0.1) is 0 Å². The molecule has 0 saturated carbocycles. The average Bonchev–Trinajstić information content (AvgIpc) is 2.38. The van der Waals surface area contributed by atoms with Crippen LogP contribution in [0, 0.1) is 0 Å². The van der Waals surface area contributed by atoms with E-state index in [-0.39, 0.29) is 24.0 Å². The molecule has 1 nitrogen and oxygen atoms in total. The van der Waals surface area contributed by atoms with Crippen LogP contribution in [0.15, 0.2) is 53.6 Å². The molecule has 0 aliphatic rings. The van der Waals surface area contributed by atoms with Crippen molar-refractivity contribution in [3.63, 3.8) is 0 Å². The zero-order valence-electron chi connectivity index (χ0n) is 10.5. The van der Waals surface area contributed by atoms with Crippen LogP contribution in [0.1, 0.15) is 11.3 Å². The molecule has 18 heavy (non-hydrogen) atoms. The minimum Gasteiger partial charge on any atom is -1.00 e. The van der Waals surface area contributed by atoms with Crippen LogP contribution in [0.4, 0.5) is 0 Å². The largest absolute Gasteiger partial charge is 1.00 e. The highest BCUT2D eigenvalue weighted by atomic mass is 127. The van der Waals surface area contributed by atoms with E-state index in [1.54, 1.807) is 11.8 Å². The molecular weight excluding hydrogens is 353 g/mol. The van der Waals surface area contributed by atoms with Crippen molar-refractivity contribution in [2.45, 2.75) is 4.90 Å². The van der Waals surface area contributed by atoms with Gasteiger partial charge in [-0.3, -0.25) is 0 Å². The van der Waals surface area contributed by atoms with Crippen molar-refractivity contribution < 1.29 is 28.5 Å². The maximum absolute atomic E-state index is 2.15. The lowest BCUT2D eigenvalue weighted by molar-refractivity contribution is -0.673. The Hall–Kier alpha value is -0.810. The molecule has 0 spiro atoms. The van der Waals surface area contributed by atoms with Crippen LogP contribution >= 0.6 is 11.8 Å². The Bertz CT molecular complexity index is 520. The average molecular weight is 369 g/mol. The van der Waals surface area contributed by atoms with Gasteiger partial charge in [0.25, 0.3) is 0 Å². The first-order valence-electron chi connectivity index (χ1n) is 5.56. The van der Waals surface area contributed by atoms with Crippen molar-refractivity contribution in [2.75, 3.05) is 6.26 Å². The predicted octanol–water partition coefficient (Wildman–Crippen LogP) is 0.407. The molecule has 0 saturated heterocycles. The number of pyridine rings is 1. The summed E-state index contributed by atoms with van der Waals surface area (Å²) in [6.07, 6.45) is 8.42. The van der Waals surface area contributed by atoms with Crippen molar-refractivity contribution >= 4 is 23.9 Å². The van der Waals surface area contributed by atoms with Gasteiger partial charge < -0.3 is 24.0 Å². The van der Waals surface area contributed by atoms with Crippen molar-refractivity contribution in [3.8, 4) is 0 Å². The third-order valence-electron chi connectivity index (χ3n) is 2.66. The second kappa shape index (κ2) is 7.59. The fourth-order valence-electron chi connectivity index (χ4n) is 1.61. The van der Waals surface area contributed by atoms with Gasteiger partial charge in [-0.1, -0.05) is 12.1 Å². The second-order valence-corrected chi connectivity index (χ2v) is 4.72. The van der Waals surface area contributed by atoms with Crippen LogP contribution in [0.5, 0.6) is 0 Å².